The Labute approximate surface area is 168 Å². The van der Waals surface area contributed by atoms with E-state index < -0.39 is 0 Å². The quantitative estimate of drug-likeness (QED) is 0.657. The lowest BCUT2D eigenvalue weighted by Gasteiger charge is -2.08. The number of nitrogens with zero attached hydrogens (tertiary/aromatic N) is 1. The number of hydrogen-bond donors (Lipinski definition) is 2. The summed E-state index contributed by atoms with van der Waals surface area (Å²) in [5.41, 5.74) is 3.41. The first kappa shape index (κ1) is 19.6. The van der Waals surface area contributed by atoms with Gasteiger partial charge in [0.1, 0.15) is 5.69 Å². The van der Waals surface area contributed by atoms with E-state index in [-0.39, 0.29) is 17.5 Å². The third kappa shape index (κ3) is 5.41. The molecule has 0 fully saturated rings. The normalized spacial score (nSPS) is 10.4. The lowest BCUT2D eigenvalue weighted by atomic mass is 10.1. The van der Waals surface area contributed by atoms with Crippen LogP contribution in [0.2, 0.25) is 5.02 Å². The summed E-state index contributed by atoms with van der Waals surface area (Å²) in [5, 5.41) is 6.29. The molecule has 0 radical (unpaired) electrons. The van der Waals surface area contributed by atoms with Crippen molar-refractivity contribution < 1.29 is 9.59 Å². The smallest absolute Gasteiger partial charge is 0.269 e. The van der Waals surface area contributed by atoms with Crippen LogP contribution >= 0.6 is 11.6 Å². The van der Waals surface area contributed by atoms with Gasteiger partial charge in [-0.15, -0.1) is 0 Å². The molecule has 0 spiro atoms. The summed E-state index contributed by atoms with van der Waals surface area (Å²) in [6.07, 6.45) is 2.11. The Hall–Kier alpha value is -3.18. The summed E-state index contributed by atoms with van der Waals surface area (Å²) in [7, 11) is 0. The van der Waals surface area contributed by atoms with Gasteiger partial charge < -0.3 is 10.6 Å². The highest BCUT2D eigenvalue weighted by Gasteiger charge is 2.12. The summed E-state index contributed by atoms with van der Waals surface area (Å²) in [4.78, 5) is 28.8. The summed E-state index contributed by atoms with van der Waals surface area (Å²) < 4.78 is 0. The van der Waals surface area contributed by atoms with Crippen LogP contribution in [0.4, 0.5) is 5.69 Å². The molecule has 142 valence electrons. The van der Waals surface area contributed by atoms with E-state index in [4.69, 9.17) is 11.6 Å². The van der Waals surface area contributed by atoms with E-state index in [1.807, 2.05) is 49.4 Å². The zero-order valence-electron chi connectivity index (χ0n) is 15.4. The van der Waals surface area contributed by atoms with Crippen LogP contribution in [0.5, 0.6) is 0 Å². The molecule has 5 nitrogen and oxygen atoms in total. The fourth-order valence-corrected chi connectivity index (χ4v) is 2.85. The van der Waals surface area contributed by atoms with Crippen LogP contribution in [0.1, 0.15) is 32.0 Å². The topological polar surface area (TPSA) is 71.1 Å². The first-order chi connectivity index (χ1) is 13.5. The van der Waals surface area contributed by atoms with E-state index in [0.29, 0.717) is 29.2 Å². The second kappa shape index (κ2) is 9.15. The number of benzene rings is 2. The number of aryl methyl sites for hydroxylation is 1. The third-order valence-corrected chi connectivity index (χ3v) is 4.39. The Balaban J connectivity index is 1.59. The highest BCUT2D eigenvalue weighted by atomic mass is 35.5. The molecule has 2 aromatic carbocycles. The first-order valence-corrected chi connectivity index (χ1v) is 9.26. The molecular weight excluding hydrogens is 374 g/mol. The highest BCUT2D eigenvalue weighted by Crippen LogP contribution is 2.12. The van der Waals surface area contributed by atoms with Gasteiger partial charge in [-0.05, 0) is 55.3 Å². The van der Waals surface area contributed by atoms with Gasteiger partial charge in [-0.3, -0.25) is 14.6 Å². The summed E-state index contributed by atoms with van der Waals surface area (Å²) >= 11 is 5.96. The number of nitrogens with one attached hydrogen (secondary N) is 2. The van der Waals surface area contributed by atoms with Gasteiger partial charge in [0, 0.05) is 29.0 Å². The minimum atomic E-state index is -0.327. The van der Waals surface area contributed by atoms with Crippen molar-refractivity contribution in [3.8, 4) is 0 Å². The van der Waals surface area contributed by atoms with Gasteiger partial charge in [-0.2, -0.15) is 0 Å². The number of aromatic nitrogens is 1. The van der Waals surface area contributed by atoms with Crippen LogP contribution in [0.15, 0.2) is 66.9 Å². The zero-order valence-corrected chi connectivity index (χ0v) is 16.2. The molecule has 2 amide bonds. The van der Waals surface area contributed by atoms with Gasteiger partial charge in [0.05, 0.1) is 0 Å². The number of carbonyl (C=O) groups is 2. The molecule has 0 bridgehead atoms. The molecule has 0 atom stereocenters. The average Bonchev–Trinajstić information content (AvgIpc) is 2.70. The molecule has 2 N–H and O–H groups in total. The molecule has 0 saturated heterocycles. The van der Waals surface area contributed by atoms with E-state index in [1.54, 1.807) is 12.1 Å². The standard InChI is InChI=1S/C22H20ClN3O2/c1-15-5-7-19(8-6-15)26-21(27)17-10-12-24-20(14-17)22(28)25-11-9-16-3-2-4-18(23)13-16/h2-8,10,12-14H,9,11H2,1H3,(H,25,28)(H,26,27). The maximum Gasteiger partial charge on any atom is 0.269 e. The maximum absolute atomic E-state index is 12.4. The third-order valence-electron chi connectivity index (χ3n) is 4.15. The second-order valence-electron chi connectivity index (χ2n) is 6.39. The number of rotatable bonds is 6. The lowest BCUT2D eigenvalue weighted by molar-refractivity contribution is 0.0949. The van der Waals surface area contributed by atoms with Gasteiger partial charge in [0.15, 0.2) is 0 Å². The molecule has 28 heavy (non-hydrogen) atoms. The van der Waals surface area contributed by atoms with E-state index in [2.05, 4.69) is 15.6 Å². The predicted molar refractivity (Wildman–Crippen MR) is 111 cm³/mol. The SMILES string of the molecule is Cc1ccc(NC(=O)c2ccnc(C(=O)NCCc3cccc(Cl)c3)c2)cc1. The Morgan fingerprint density at radius 1 is 1.00 bits per heavy atom. The van der Waals surface area contributed by atoms with Crippen LogP contribution in [-0.4, -0.2) is 23.3 Å². The van der Waals surface area contributed by atoms with Crippen molar-refractivity contribution in [2.45, 2.75) is 13.3 Å². The van der Waals surface area contributed by atoms with E-state index in [1.165, 1.54) is 12.3 Å². The lowest BCUT2D eigenvalue weighted by Crippen LogP contribution is -2.27. The number of amides is 2. The minimum absolute atomic E-state index is 0.197. The molecule has 3 rings (SSSR count). The van der Waals surface area contributed by atoms with Gasteiger partial charge >= 0.3 is 0 Å². The van der Waals surface area contributed by atoms with Crippen molar-refractivity contribution in [1.29, 1.82) is 0 Å². The zero-order chi connectivity index (χ0) is 19.9. The Bertz CT molecular complexity index is 987. The summed E-state index contributed by atoms with van der Waals surface area (Å²) in [5.74, 6) is -0.619. The van der Waals surface area contributed by atoms with Gasteiger partial charge in [-0.1, -0.05) is 41.4 Å². The fourth-order valence-electron chi connectivity index (χ4n) is 2.64. The van der Waals surface area contributed by atoms with Crippen LogP contribution in [0.25, 0.3) is 0 Å². The van der Waals surface area contributed by atoms with Crippen molar-refractivity contribution in [3.05, 3.63) is 94.3 Å². The van der Waals surface area contributed by atoms with Crippen LogP contribution in [0.3, 0.4) is 0 Å². The molecule has 0 unspecified atom stereocenters. The maximum atomic E-state index is 12.4. The van der Waals surface area contributed by atoms with E-state index in [9.17, 15) is 9.59 Å². The molecule has 0 aliphatic carbocycles. The van der Waals surface area contributed by atoms with Crippen molar-refractivity contribution in [2.24, 2.45) is 0 Å². The molecule has 0 saturated carbocycles. The molecule has 0 aliphatic heterocycles. The number of anilines is 1. The average molecular weight is 394 g/mol. The number of halogens is 1. The Kier molecular flexibility index (Phi) is 6.40. The van der Waals surface area contributed by atoms with Gasteiger partial charge in [0.2, 0.25) is 0 Å². The molecule has 6 heteroatoms. The van der Waals surface area contributed by atoms with Gasteiger partial charge in [-0.25, -0.2) is 0 Å². The molecule has 1 aromatic heterocycles. The number of hydrogen-bond acceptors (Lipinski definition) is 3. The Morgan fingerprint density at radius 3 is 2.54 bits per heavy atom. The van der Waals surface area contributed by atoms with Crippen molar-refractivity contribution in [3.63, 3.8) is 0 Å². The minimum Gasteiger partial charge on any atom is -0.350 e. The molecule has 3 aromatic rings. The van der Waals surface area contributed by atoms with Crippen molar-refractivity contribution in [2.75, 3.05) is 11.9 Å². The van der Waals surface area contributed by atoms with E-state index >= 15 is 0 Å². The molecule has 0 aliphatic rings. The molecule has 1 heterocycles. The predicted octanol–water partition coefficient (Wildman–Crippen LogP) is 4.27. The second-order valence-corrected chi connectivity index (χ2v) is 6.82. The molecular formula is C22H20ClN3O2. The monoisotopic (exact) mass is 393 g/mol. The van der Waals surface area contributed by atoms with Crippen LogP contribution in [0, 0.1) is 6.92 Å². The summed E-state index contributed by atoms with van der Waals surface area (Å²) in [6.45, 7) is 2.42. The van der Waals surface area contributed by atoms with Crippen molar-refractivity contribution >= 4 is 29.1 Å². The fraction of sp³-hybridized carbons (Fsp3) is 0.136. The number of carbonyl (C=O) groups excluding carboxylic acids is 2. The highest BCUT2D eigenvalue weighted by molar-refractivity contribution is 6.30. The van der Waals surface area contributed by atoms with Crippen LogP contribution in [-0.2, 0) is 6.42 Å². The van der Waals surface area contributed by atoms with Gasteiger partial charge in [0.25, 0.3) is 11.8 Å². The summed E-state index contributed by atoms with van der Waals surface area (Å²) in [6, 6.07) is 18.0. The largest absolute Gasteiger partial charge is 0.350 e. The first-order valence-electron chi connectivity index (χ1n) is 8.88. The Morgan fingerprint density at radius 2 is 1.79 bits per heavy atom. The van der Waals surface area contributed by atoms with E-state index in [0.717, 1.165) is 11.1 Å². The van der Waals surface area contributed by atoms with Crippen molar-refractivity contribution in [1.82, 2.24) is 10.3 Å². The van der Waals surface area contributed by atoms with Crippen LogP contribution < -0.4 is 10.6 Å². The number of pyridine rings is 1.